The van der Waals surface area contributed by atoms with Crippen LogP contribution in [0.3, 0.4) is 0 Å². The molecule has 2 amide bonds. The third-order valence-corrected chi connectivity index (χ3v) is 4.87. The van der Waals surface area contributed by atoms with Crippen molar-refractivity contribution < 1.29 is 9.59 Å². The highest BCUT2D eigenvalue weighted by Gasteiger charge is 2.24. The second-order valence-electron chi connectivity index (χ2n) is 5.21. The van der Waals surface area contributed by atoms with E-state index in [0.717, 1.165) is 15.0 Å². The molecule has 2 N–H and O–H groups in total. The number of rotatable bonds is 1. The van der Waals surface area contributed by atoms with Gasteiger partial charge in [0, 0.05) is 43.5 Å². The van der Waals surface area contributed by atoms with E-state index < -0.39 is 0 Å². The molecule has 0 saturated carbocycles. The van der Waals surface area contributed by atoms with E-state index in [-0.39, 0.29) is 11.8 Å². The molecule has 21 heavy (non-hydrogen) atoms. The fourth-order valence-corrected chi connectivity index (χ4v) is 3.56. The van der Waals surface area contributed by atoms with Gasteiger partial charge in [-0.15, -0.1) is 11.3 Å². The monoisotopic (exact) mass is 303 g/mol. The minimum absolute atomic E-state index is 0.0398. The second-order valence-corrected chi connectivity index (χ2v) is 6.29. The molecule has 3 rings (SSSR count). The summed E-state index contributed by atoms with van der Waals surface area (Å²) in [6.07, 6.45) is 0. The van der Waals surface area contributed by atoms with Crippen molar-refractivity contribution in [2.75, 3.05) is 31.9 Å². The number of carbonyl (C=O) groups is 2. The first-order chi connectivity index (χ1) is 10.0. The molecule has 0 aliphatic carbocycles. The second kappa shape index (κ2) is 5.37. The van der Waals surface area contributed by atoms with Gasteiger partial charge in [-0.2, -0.15) is 0 Å². The van der Waals surface area contributed by atoms with Gasteiger partial charge in [-0.25, -0.2) is 0 Å². The smallest absolute Gasteiger partial charge is 0.264 e. The van der Waals surface area contributed by atoms with Crippen molar-refractivity contribution in [1.82, 2.24) is 9.80 Å². The molecule has 2 aromatic rings. The quantitative estimate of drug-likeness (QED) is 0.817. The van der Waals surface area contributed by atoms with Crippen molar-refractivity contribution in [3.05, 3.63) is 29.1 Å². The van der Waals surface area contributed by atoms with Crippen LogP contribution in [0.4, 0.5) is 5.69 Å². The maximum Gasteiger partial charge on any atom is 0.264 e. The maximum atomic E-state index is 12.5. The lowest BCUT2D eigenvalue weighted by molar-refractivity contribution is -0.130. The Bertz CT molecular complexity index is 702. The highest BCUT2D eigenvalue weighted by Crippen LogP contribution is 2.28. The van der Waals surface area contributed by atoms with E-state index in [0.29, 0.717) is 31.9 Å². The Morgan fingerprint density at radius 3 is 2.43 bits per heavy atom. The van der Waals surface area contributed by atoms with Gasteiger partial charge < -0.3 is 15.5 Å². The van der Waals surface area contributed by atoms with E-state index in [1.54, 1.807) is 11.8 Å². The van der Waals surface area contributed by atoms with Crippen LogP contribution in [-0.4, -0.2) is 47.8 Å². The van der Waals surface area contributed by atoms with Crippen LogP contribution in [0.2, 0.25) is 0 Å². The molecule has 0 spiro atoms. The maximum absolute atomic E-state index is 12.5. The van der Waals surface area contributed by atoms with Gasteiger partial charge in [-0.1, -0.05) is 0 Å². The molecular formula is C15H17N3O2S. The Hall–Kier alpha value is -2.08. The van der Waals surface area contributed by atoms with Gasteiger partial charge in [0.05, 0.1) is 4.88 Å². The van der Waals surface area contributed by atoms with Crippen LogP contribution in [0.1, 0.15) is 16.6 Å². The van der Waals surface area contributed by atoms with E-state index in [2.05, 4.69) is 0 Å². The van der Waals surface area contributed by atoms with Gasteiger partial charge in [0.15, 0.2) is 0 Å². The number of benzene rings is 1. The van der Waals surface area contributed by atoms with E-state index >= 15 is 0 Å². The van der Waals surface area contributed by atoms with E-state index in [4.69, 9.17) is 5.73 Å². The van der Waals surface area contributed by atoms with Crippen molar-refractivity contribution in [2.45, 2.75) is 6.92 Å². The fraction of sp³-hybridized carbons (Fsp3) is 0.333. The van der Waals surface area contributed by atoms with Gasteiger partial charge >= 0.3 is 0 Å². The number of anilines is 1. The number of hydrogen-bond acceptors (Lipinski definition) is 4. The van der Waals surface area contributed by atoms with Gasteiger partial charge in [0.25, 0.3) is 5.91 Å². The number of hydrogen-bond donors (Lipinski definition) is 1. The van der Waals surface area contributed by atoms with Crippen LogP contribution < -0.4 is 5.73 Å². The van der Waals surface area contributed by atoms with Crippen LogP contribution in [0.15, 0.2) is 24.3 Å². The minimum atomic E-state index is 0.0398. The van der Waals surface area contributed by atoms with Gasteiger partial charge in [0.1, 0.15) is 0 Å². The summed E-state index contributed by atoms with van der Waals surface area (Å²) in [5, 5.41) is 1.01. The molecule has 5 nitrogen and oxygen atoms in total. The number of amides is 2. The third-order valence-electron chi connectivity index (χ3n) is 3.76. The molecule has 2 heterocycles. The summed E-state index contributed by atoms with van der Waals surface area (Å²) in [5.74, 6) is 0.109. The normalized spacial score (nSPS) is 15.5. The number of thiophene rings is 1. The summed E-state index contributed by atoms with van der Waals surface area (Å²) in [6, 6.07) is 7.57. The third kappa shape index (κ3) is 2.71. The summed E-state index contributed by atoms with van der Waals surface area (Å²) in [6.45, 7) is 3.97. The summed E-state index contributed by atoms with van der Waals surface area (Å²) in [7, 11) is 0. The predicted molar refractivity (Wildman–Crippen MR) is 84.4 cm³/mol. The molecular weight excluding hydrogens is 286 g/mol. The molecule has 1 aromatic carbocycles. The Balaban J connectivity index is 1.76. The summed E-state index contributed by atoms with van der Waals surface area (Å²) < 4.78 is 1.06. The Kier molecular flexibility index (Phi) is 3.55. The molecule has 1 aliphatic heterocycles. The highest BCUT2D eigenvalue weighted by atomic mass is 32.1. The van der Waals surface area contributed by atoms with Gasteiger partial charge in [0.2, 0.25) is 5.91 Å². The Morgan fingerprint density at radius 1 is 1.10 bits per heavy atom. The van der Waals surface area contributed by atoms with Crippen LogP contribution in [-0.2, 0) is 4.79 Å². The van der Waals surface area contributed by atoms with Crippen LogP contribution in [0.25, 0.3) is 10.1 Å². The minimum Gasteiger partial charge on any atom is -0.399 e. The molecule has 0 bridgehead atoms. The van der Waals surface area contributed by atoms with Crippen LogP contribution in [0.5, 0.6) is 0 Å². The zero-order valence-electron chi connectivity index (χ0n) is 11.8. The largest absolute Gasteiger partial charge is 0.399 e. The first-order valence-electron chi connectivity index (χ1n) is 6.88. The first kappa shape index (κ1) is 13.9. The first-order valence-corrected chi connectivity index (χ1v) is 7.70. The van der Waals surface area contributed by atoms with Crippen molar-refractivity contribution >= 4 is 38.9 Å². The zero-order chi connectivity index (χ0) is 15.0. The average Bonchev–Trinajstić information content (AvgIpc) is 2.89. The number of carbonyl (C=O) groups excluding carboxylic acids is 2. The molecule has 0 unspecified atom stereocenters. The van der Waals surface area contributed by atoms with Crippen LogP contribution in [0, 0.1) is 0 Å². The predicted octanol–water partition coefficient (Wildman–Crippen LogP) is 1.79. The highest BCUT2D eigenvalue weighted by molar-refractivity contribution is 7.20. The lowest BCUT2D eigenvalue weighted by atomic mass is 10.2. The lowest BCUT2D eigenvalue weighted by Crippen LogP contribution is -2.49. The average molecular weight is 303 g/mol. The van der Waals surface area contributed by atoms with E-state index in [1.807, 2.05) is 29.2 Å². The molecule has 1 aliphatic rings. The van der Waals surface area contributed by atoms with Crippen LogP contribution >= 0.6 is 11.3 Å². The Morgan fingerprint density at radius 2 is 1.76 bits per heavy atom. The van der Waals surface area contributed by atoms with E-state index in [1.165, 1.54) is 11.3 Å². The van der Waals surface area contributed by atoms with Crippen molar-refractivity contribution in [3.63, 3.8) is 0 Å². The SMILES string of the molecule is CC(=O)N1CCN(C(=O)c2cc3cc(N)ccc3s2)CC1. The Labute approximate surface area is 126 Å². The molecule has 1 aromatic heterocycles. The summed E-state index contributed by atoms with van der Waals surface area (Å²) in [5.41, 5.74) is 6.47. The van der Waals surface area contributed by atoms with Crippen molar-refractivity contribution in [1.29, 1.82) is 0 Å². The lowest BCUT2D eigenvalue weighted by Gasteiger charge is -2.33. The fourth-order valence-electron chi connectivity index (χ4n) is 2.55. The topological polar surface area (TPSA) is 66.6 Å². The summed E-state index contributed by atoms with van der Waals surface area (Å²) in [4.78, 5) is 28.2. The number of fused-ring (bicyclic) bond motifs is 1. The number of nitrogen functional groups attached to an aromatic ring is 1. The molecule has 110 valence electrons. The summed E-state index contributed by atoms with van der Waals surface area (Å²) >= 11 is 1.49. The van der Waals surface area contributed by atoms with Gasteiger partial charge in [-0.3, -0.25) is 9.59 Å². The molecule has 0 radical (unpaired) electrons. The van der Waals surface area contributed by atoms with Gasteiger partial charge in [-0.05, 0) is 29.7 Å². The van der Waals surface area contributed by atoms with E-state index in [9.17, 15) is 9.59 Å². The zero-order valence-corrected chi connectivity index (χ0v) is 12.7. The molecule has 6 heteroatoms. The molecule has 0 atom stereocenters. The standard InChI is InChI=1S/C15H17N3O2S/c1-10(19)17-4-6-18(7-5-17)15(20)14-9-11-8-12(16)2-3-13(11)21-14/h2-3,8-9H,4-7,16H2,1H3. The number of nitrogens with two attached hydrogens (primary N) is 1. The molecule has 1 fully saturated rings. The molecule has 1 saturated heterocycles. The van der Waals surface area contributed by atoms with Crippen molar-refractivity contribution in [3.8, 4) is 0 Å². The van der Waals surface area contributed by atoms with Crippen molar-refractivity contribution in [2.24, 2.45) is 0 Å². The number of piperazine rings is 1. The number of nitrogens with zero attached hydrogens (tertiary/aromatic N) is 2.